The molecule has 2 rings (SSSR count). The van der Waals surface area contributed by atoms with Crippen LogP contribution in [0.1, 0.15) is 21.5 Å². The van der Waals surface area contributed by atoms with Crippen molar-refractivity contribution in [1.29, 1.82) is 0 Å². The Kier molecular flexibility index (Phi) is 6.23. The maximum Gasteiger partial charge on any atom is 0.253 e. The minimum Gasteiger partial charge on any atom is -0.352 e. The van der Waals surface area contributed by atoms with Gasteiger partial charge in [0.05, 0.1) is 6.42 Å². The molecule has 2 aromatic carbocycles. The van der Waals surface area contributed by atoms with Crippen LogP contribution in [-0.2, 0) is 17.8 Å². The lowest BCUT2D eigenvalue weighted by Crippen LogP contribution is -2.25. The molecular formula is C18H18Cl2N2O2. The van der Waals surface area contributed by atoms with E-state index in [0.717, 1.165) is 11.1 Å². The lowest BCUT2D eigenvalue weighted by atomic mass is 10.1. The smallest absolute Gasteiger partial charge is 0.253 e. The molecule has 4 nitrogen and oxygen atoms in total. The van der Waals surface area contributed by atoms with Crippen LogP contribution in [0.15, 0.2) is 42.5 Å². The first-order valence-corrected chi connectivity index (χ1v) is 8.13. The van der Waals surface area contributed by atoms with E-state index in [9.17, 15) is 9.59 Å². The first-order valence-electron chi connectivity index (χ1n) is 7.38. The van der Waals surface area contributed by atoms with Gasteiger partial charge in [-0.05, 0) is 35.4 Å². The molecule has 0 saturated carbocycles. The number of benzene rings is 2. The van der Waals surface area contributed by atoms with Crippen molar-refractivity contribution in [3.63, 3.8) is 0 Å². The fourth-order valence-corrected chi connectivity index (χ4v) is 2.60. The summed E-state index contributed by atoms with van der Waals surface area (Å²) in [6.07, 6.45) is 0.188. The van der Waals surface area contributed by atoms with E-state index >= 15 is 0 Å². The van der Waals surface area contributed by atoms with Crippen molar-refractivity contribution < 1.29 is 9.59 Å². The van der Waals surface area contributed by atoms with Crippen molar-refractivity contribution in [3.8, 4) is 0 Å². The van der Waals surface area contributed by atoms with Gasteiger partial charge in [-0.15, -0.1) is 0 Å². The lowest BCUT2D eigenvalue weighted by molar-refractivity contribution is -0.120. The van der Waals surface area contributed by atoms with Crippen LogP contribution in [0, 0.1) is 0 Å². The summed E-state index contributed by atoms with van der Waals surface area (Å²) in [5, 5.41) is 3.85. The van der Waals surface area contributed by atoms with Gasteiger partial charge in [-0.2, -0.15) is 0 Å². The molecule has 24 heavy (non-hydrogen) atoms. The summed E-state index contributed by atoms with van der Waals surface area (Å²) in [4.78, 5) is 25.4. The van der Waals surface area contributed by atoms with Gasteiger partial charge >= 0.3 is 0 Å². The molecular weight excluding hydrogens is 347 g/mol. The van der Waals surface area contributed by atoms with Crippen LogP contribution in [0.25, 0.3) is 0 Å². The van der Waals surface area contributed by atoms with Gasteiger partial charge in [0.2, 0.25) is 5.91 Å². The Hall–Kier alpha value is -2.04. The molecule has 0 bridgehead atoms. The summed E-state index contributed by atoms with van der Waals surface area (Å²) in [6, 6.07) is 12.2. The number of carbonyl (C=O) groups is 2. The van der Waals surface area contributed by atoms with Gasteiger partial charge in [-0.3, -0.25) is 9.59 Å². The Labute approximate surface area is 151 Å². The fourth-order valence-electron chi connectivity index (χ4n) is 2.12. The number of nitrogens with one attached hydrogen (secondary N) is 1. The topological polar surface area (TPSA) is 49.4 Å². The minimum atomic E-state index is -0.132. The van der Waals surface area contributed by atoms with Gasteiger partial charge in [-0.25, -0.2) is 0 Å². The van der Waals surface area contributed by atoms with E-state index in [1.54, 1.807) is 44.4 Å². The molecule has 1 N–H and O–H groups in total. The van der Waals surface area contributed by atoms with E-state index < -0.39 is 0 Å². The predicted octanol–water partition coefficient (Wildman–Crippen LogP) is 3.55. The molecule has 0 aromatic heterocycles. The molecule has 0 fully saturated rings. The summed E-state index contributed by atoms with van der Waals surface area (Å²) >= 11 is 11.9. The largest absolute Gasteiger partial charge is 0.352 e. The zero-order chi connectivity index (χ0) is 17.7. The van der Waals surface area contributed by atoms with Gasteiger partial charge in [0, 0.05) is 36.2 Å². The third-order valence-corrected chi connectivity index (χ3v) is 4.05. The van der Waals surface area contributed by atoms with Crippen LogP contribution >= 0.6 is 23.2 Å². The van der Waals surface area contributed by atoms with E-state index in [2.05, 4.69) is 5.32 Å². The predicted molar refractivity (Wildman–Crippen MR) is 96.5 cm³/mol. The van der Waals surface area contributed by atoms with Crippen molar-refractivity contribution in [2.24, 2.45) is 0 Å². The molecule has 0 aliphatic carbocycles. The first kappa shape index (κ1) is 18.3. The third-order valence-electron chi connectivity index (χ3n) is 3.46. The first-order chi connectivity index (χ1) is 11.4. The highest BCUT2D eigenvalue weighted by atomic mass is 35.5. The van der Waals surface area contributed by atoms with Crippen LogP contribution in [0.5, 0.6) is 0 Å². The zero-order valence-corrected chi connectivity index (χ0v) is 15.0. The summed E-state index contributed by atoms with van der Waals surface area (Å²) < 4.78 is 0. The van der Waals surface area contributed by atoms with Crippen LogP contribution in [0.3, 0.4) is 0 Å². The number of nitrogens with zero attached hydrogens (tertiary/aromatic N) is 1. The van der Waals surface area contributed by atoms with E-state index in [0.29, 0.717) is 22.2 Å². The molecule has 0 unspecified atom stereocenters. The summed E-state index contributed by atoms with van der Waals surface area (Å²) in [6.45, 7) is 0.389. The molecule has 0 radical (unpaired) electrons. The second kappa shape index (κ2) is 8.18. The Balaban J connectivity index is 1.91. The van der Waals surface area contributed by atoms with E-state index in [4.69, 9.17) is 23.2 Å². The zero-order valence-electron chi connectivity index (χ0n) is 13.5. The second-order valence-electron chi connectivity index (χ2n) is 5.59. The molecule has 126 valence electrons. The normalized spacial score (nSPS) is 10.3. The van der Waals surface area contributed by atoms with Gasteiger partial charge in [0.1, 0.15) is 0 Å². The Morgan fingerprint density at radius 3 is 2.29 bits per heavy atom. The fraction of sp³-hybridized carbons (Fsp3) is 0.222. The number of rotatable bonds is 5. The number of carbonyl (C=O) groups excluding carboxylic acids is 2. The lowest BCUT2D eigenvalue weighted by Gasteiger charge is -2.11. The second-order valence-corrected chi connectivity index (χ2v) is 6.43. The molecule has 0 atom stereocenters. The maximum atomic E-state index is 12.0. The number of halogens is 2. The van der Waals surface area contributed by atoms with E-state index in [1.807, 2.05) is 12.1 Å². The van der Waals surface area contributed by atoms with Gasteiger partial charge in [0.15, 0.2) is 0 Å². The number of hydrogen-bond donors (Lipinski definition) is 1. The van der Waals surface area contributed by atoms with Crippen molar-refractivity contribution in [1.82, 2.24) is 10.2 Å². The standard InChI is InChI=1S/C18H18Cl2N2O2/c1-22(2)18(24)13-5-3-12(4-6-13)11-21-17(23)9-14-7-8-15(19)10-16(14)20/h3-8,10H,9,11H2,1-2H3,(H,21,23). The van der Waals surface area contributed by atoms with Crippen LogP contribution in [-0.4, -0.2) is 30.8 Å². The molecule has 0 spiro atoms. The van der Waals surface area contributed by atoms with E-state index in [-0.39, 0.29) is 18.2 Å². The van der Waals surface area contributed by atoms with Crippen LogP contribution in [0.4, 0.5) is 0 Å². The molecule has 0 aliphatic heterocycles. The van der Waals surface area contributed by atoms with Crippen LogP contribution < -0.4 is 5.32 Å². The quantitative estimate of drug-likeness (QED) is 0.881. The molecule has 0 saturated heterocycles. The summed E-state index contributed by atoms with van der Waals surface area (Å²) in [5.74, 6) is -0.185. The van der Waals surface area contributed by atoms with Crippen molar-refractivity contribution in [3.05, 3.63) is 69.2 Å². The highest BCUT2D eigenvalue weighted by molar-refractivity contribution is 6.35. The van der Waals surface area contributed by atoms with Crippen LogP contribution in [0.2, 0.25) is 10.0 Å². The Bertz CT molecular complexity index is 743. The van der Waals surface area contributed by atoms with Gasteiger partial charge in [0.25, 0.3) is 5.91 Å². The molecule has 6 heteroatoms. The maximum absolute atomic E-state index is 12.0. The van der Waals surface area contributed by atoms with E-state index in [1.165, 1.54) is 4.90 Å². The van der Waals surface area contributed by atoms with Gasteiger partial charge < -0.3 is 10.2 Å². The minimum absolute atomic E-state index is 0.0528. The average Bonchev–Trinajstić information content (AvgIpc) is 2.55. The summed E-state index contributed by atoms with van der Waals surface area (Å²) in [7, 11) is 3.41. The van der Waals surface area contributed by atoms with Crippen molar-refractivity contribution in [2.75, 3.05) is 14.1 Å². The van der Waals surface area contributed by atoms with Crippen molar-refractivity contribution >= 4 is 35.0 Å². The monoisotopic (exact) mass is 364 g/mol. The average molecular weight is 365 g/mol. The highest BCUT2D eigenvalue weighted by Gasteiger charge is 2.09. The highest BCUT2D eigenvalue weighted by Crippen LogP contribution is 2.21. The number of hydrogen-bond acceptors (Lipinski definition) is 2. The molecule has 2 aromatic rings. The molecule has 0 heterocycles. The Morgan fingerprint density at radius 2 is 1.71 bits per heavy atom. The third kappa shape index (κ3) is 4.98. The van der Waals surface area contributed by atoms with Crippen molar-refractivity contribution in [2.45, 2.75) is 13.0 Å². The Morgan fingerprint density at radius 1 is 1.04 bits per heavy atom. The SMILES string of the molecule is CN(C)C(=O)c1ccc(CNC(=O)Cc2ccc(Cl)cc2Cl)cc1. The van der Waals surface area contributed by atoms with Gasteiger partial charge in [-0.1, -0.05) is 41.4 Å². The summed E-state index contributed by atoms with van der Waals surface area (Å²) in [5.41, 5.74) is 2.26. The molecule has 0 aliphatic rings. The number of amides is 2. The molecule has 2 amide bonds.